The summed E-state index contributed by atoms with van der Waals surface area (Å²) in [5, 5.41) is 13.9. The van der Waals surface area contributed by atoms with Crippen LogP contribution in [0.15, 0.2) is 35.2 Å². The number of hydrogen-bond acceptors (Lipinski definition) is 4. The van der Waals surface area contributed by atoms with Crippen LogP contribution in [0.3, 0.4) is 0 Å². The lowest BCUT2D eigenvalue weighted by atomic mass is 9.91. The molecular weight excluding hydrogens is 480 g/mol. The fourth-order valence-corrected chi connectivity index (χ4v) is 5.33. The Morgan fingerprint density at radius 1 is 1.14 bits per heavy atom. The van der Waals surface area contributed by atoms with Gasteiger partial charge in [0.1, 0.15) is 23.4 Å². The lowest BCUT2D eigenvalue weighted by Crippen LogP contribution is -2.49. The minimum absolute atomic E-state index is 0.00922. The van der Waals surface area contributed by atoms with Gasteiger partial charge in [0.15, 0.2) is 0 Å². The zero-order valence-corrected chi connectivity index (χ0v) is 20.8. The third-order valence-electron chi connectivity index (χ3n) is 5.58. The molecule has 1 aliphatic heterocycles. The summed E-state index contributed by atoms with van der Waals surface area (Å²) >= 11 is 0. The van der Waals surface area contributed by atoms with Crippen LogP contribution < -0.4 is 15.4 Å². The van der Waals surface area contributed by atoms with E-state index in [1.165, 1.54) is 12.0 Å². The van der Waals surface area contributed by atoms with Crippen molar-refractivity contribution in [1.82, 2.24) is 10.2 Å². The van der Waals surface area contributed by atoms with Crippen LogP contribution in [-0.4, -0.2) is 66.9 Å². The summed E-state index contributed by atoms with van der Waals surface area (Å²) in [6, 6.07) is 5.53. The second kappa shape index (κ2) is 10.5. The van der Waals surface area contributed by atoms with Gasteiger partial charge in [-0.25, -0.2) is 23.6 Å². The van der Waals surface area contributed by atoms with Crippen molar-refractivity contribution in [3.05, 3.63) is 53.1 Å². The molecule has 0 aliphatic carbocycles. The maximum atomic E-state index is 14.7. The first kappa shape index (κ1) is 26.3. The Bertz CT molecular complexity index is 1130. The predicted octanol–water partition coefficient (Wildman–Crippen LogP) is 3.75. The lowest BCUT2D eigenvalue weighted by Gasteiger charge is -2.36. The highest BCUT2D eigenvalue weighted by Crippen LogP contribution is 2.48. The van der Waals surface area contributed by atoms with Crippen molar-refractivity contribution >= 4 is 33.6 Å². The molecule has 3 amide bonds. The molecule has 0 bridgehead atoms. The molecule has 0 saturated heterocycles. The van der Waals surface area contributed by atoms with Crippen molar-refractivity contribution in [2.24, 2.45) is 0 Å². The Morgan fingerprint density at radius 2 is 1.80 bits per heavy atom. The molecule has 0 radical (unpaired) electrons. The van der Waals surface area contributed by atoms with Gasteiger partial charge in [-0.05, 0) is 60.6 Å². The number of carboxylic acids is 1. The molecule has 0 fully saturated rings. The van der Waals surface area contributed by atoms with Crippen molar-refractivity contribution in [2.45, 2.75) is 23.8 Å². The van der Waals surface area contributed by atoms with Crippen LogP contribution in [-0.2, 0) is 16.0 Å². The topological polar surface area (TPSA) is 108 Å². The summed E-state index contributed by atoms with van der Waals surface area (Å²) in [7, 11) is -0.172. The number of urea groups is 1. The maximum Gasteiger partial charge on any atom is 0.318 e. The molecule has 1 aliphatic rings. The van der Waals surface area contributed by atoms with Gasteiger partial charge in [0.25, 0.3) is 5.91 Å². The molecule has 1 heterocycles. The van der Waals surface area contributed by atoms with Gasteiger partial charge >= 0.3 is 12.0 Å². The van der Waals surface area contributed by atoms with Crippen molar-refractivity contribution in [1.29, 1.82) is 0 Å². The number of ether oxygens (including phenoxy) is 1. The quantitative estimate of drug-likeness (QED) is 0.527. The van der Waals surface area contributed by atoms with Crippen LogP contribution >= 0.6 is 10.0 Å². The van der Waals surface area contributed by atoms with Crippen LogP contribution in [0.1, 0.15) is 23.6 Å². The van der Waals surface area contributed by atoms with Crippen LogP contribution in [0.4, 0.5) is 19.3 Å². The molecule has 0 unspecified atom stereocenters. The van der Waals surface area contributed by atoms with Gasteiger partial charge in [-0.3, -0.25) is 9.59 Å². The van der Waals surface area contributed by atoms with Crippen molar-refractivity contribution in [2.75, 3.05) is 44.3 Å². The summed E-state index contributed by atoms with van der Waals surface area (Å²) in [4.78, 5) is 38.3. The number of anilines is 1. The molecule has 8 nitrogen and oxygen atoms in total. The first-order chi connectivity index (χ1) is 16.4. The van der Waals surface area contributed by atoms with Crippen molar-refractivity contribution in [3.63, 3.8) is 0 Å². The number of rotatable bonds is 7. The number of fused-ring (bicyclic) bond motifs is 1. The Kier molecular flexibility index (Phi) is 7.89. The maximum absolute atomic E-state index is 14.7. The van der Waals surface area contributed by atoms with Gasteiger partial charge < -0.3 is 25.4 Å². The number of benzene rings is 2. The second-order valence-electron chi connectivity index (χ2n) is 8.88. The average molecular weight is 510 g/mol. The molecule has 0 aromatic heterocycles. The SMILES string of the molecule is COc1ccc2c(c1)CCN(C(=O)NCCC(=O)O)[C@H]2C(=O)Nc1cc(F)c(S(C)(C)C)c(F)c1. The van der Waals surface area contributed by atoms with Crippen LogP contribution in [0.2, 0.25) is 0 Å². The highest BCUT2D eigenvalue weighted by Gasteiger charge is 2.36. The molecule has 3 N–H and O–H groups in total. The largest absolute Gasteiger partial charge is 0.497 e. The van der Waals surface area contributed by atoms with Crippen molar-refractivity contribution < 1.29 is 33.0 Å². The molecule has 11 heteroatoms. The number of hydrogen-bond donors (Lipinski definition) is 3. The number of nitrogens with zero attached hydrogens (tertiary/aromatic N) is 1. The van der Waals surface area contributed by atoms with E-state index in [0.717, 1.165) is 17.7 Å². The van der Waals surface area contributed by atoms with E-state index < -0.39 is 45.6 Å². The van der Waals surface area contributed by atoms with E-state index in [0.29, 0.717) is 17.7 Å². The molecule has 2 aromatic carbocycles. The molecule has 3 rings (SSSR count). The van der Waals surface area contributed by atoms with Gasteiger partial charge in [-0.2, -0.15) is 0 Å². The summed E-state index contributed by atoms with van der Waals surface area (Å²) < 4.78 is 34.7. The monoisotopic (exact) mass is 509 g/mol. The fourth-order valence-electron chi connectivity index (χ4n) is 4.04. The van der Waals surface area contributed by atoms with E-state index in [9.17, 15) is 23.2 Å². The lowest BCUT2D eigenvalue weighted by molar-refractivity contribution is -0.136. The van der Waals surface area contributed by atoms with E-state index in [2.05, 4.69) is 10.6 Å². The summed E-state index contributed by atoms with van der Waals surface area (Å²) in [5.74, 6) is -2.63. The average Bonchev–Trinajstić information content (AvgIpc) is 2.75. The second-order valence-corrected chi connectivity index (χ2v) is 13.0. The summed E-state index contributed by atoms with van der Waals surface area (Å²) in [6.45, 7) is 0.0632. The Hall–Kier alpha value is -3.34. The Balaban J connectivity index is 1.93. The van der Waals surface area contributed by atoms with Gasteiger partial charge in [0, 0.05) is 18.8 Å². The van der Waals surface area contributed by atoms with E-state index in [4.69, 9.17) is 9.84 Å². The highest BCUT2D eigenvalue weighted by molar-refractivity contribution is 8.32. The Morgan fingerprint density at radius 3 is 2.37 bits per heavy atom. The van der Waals surface area contributed by atoms with Gasteiger partial charge in [0.05, 0.1) is 18.4 Å². The minimum Gasteiger partial charge on any atom is -0.497 e. The van der Waals surface area contributed by atoms with Crippen LogP contribution in [0.5, 0.6) is 5.75 Å². The molecule has 0 spiro atoms. The molecular formula is C24H29F2N3O5S. The zero-order valence-electron chi connectivity index (χ0n) is 20.0. The third-order valence-corrected chi connectivity index (χ3v) is 7.20. The van der Waals surface area contributed by atoms with E-state index in [1.807, 2.05) is 0 Å². The van der Waals surface area contributed by atoms with E-state index in [-0.39, 0.29) is 30.1 Å². The molecule has 2 aromatic rings. The minimum atomic E-state index is -1.69. The smallest absolute Gasteiger partial charge is 0.318 e. The molecule has 190 valence electrons. The number of aliphatic carboxylic acids is 1. The number of amides is 3. The fraction of sp³-hybridized carbons (Fsp3) is 0.375. The summed E-state index contributed by atoms with van der Waals surface area (Å²) in [6.07, 6.45) is 5.46. The van der Waals surface area contributed by atoms with E-state index >= 15 is 0 Å². The number of carboxylic acid groups (broad SMARTS) is 1. The first-order valence-electron chi connectivity index (χ1n) is 10.8. The highest BCUT2D eigenvalue weighted by atomic mass is 32.3. The van der Waals surface area contributed by atoms with Gasteiger partial charge in [0.2, 0.25) is 0 Å². The Labute approximate surface area is 204 Å². The van der Waals surface area contributed by atoms with E-state index in [1.54, 1.807) is 37.0 Å². The first-order valence-corrected chi connectivity index (χ1v) is 13.7. The number of carbonyl (C=O) groups excluding carboxylic acids is 2. The van der Waals surface area contributed by atoms with Crippen molar-refractivity contribution in [3.8, 4) is 5.75 Å². The molecule has 1 atom stereocenters. The summed E-state index contributed by atoms with van der Waals surface area (Å²) in [5.41, 5.74) is 1.27. The van der Waals surface area contributed by atoms with Crippen LogP contribution in [0, 0.1) is 11.6 Å². The number of carbonyl (C=O) groups is 3. The standard InChI is InChI=1S/C24H29F2N3O5S/c1-34-16-5-6-17-14(11-16)8-10-29(24(33)27-9-7-20(30)31)21(17)23(32)28-15-12-18(25)22(19(26)13-15)35(2,3)4/h5-6,11-13,21H,7-10H2,1-4H3,(H,27,33)(H,28,32)(H,30,31)/t21-/m1/s1. The third kappa shape index (κ3) is 6.02. The zero-order chi connectivity index (χ0) is 25.9. The van der Waals surface area contributed by atoms with Crippen LogP contribution in [0.25, 0.3) is 0 Å². The normalized spacial score (nSPS) is 15.7. The number of methoxy groups -OCH3 is 1. The van der Waals surface area contributed by atoms with Gasteiger partial charge in [-0.15, -0.1) is 0 Å². The molecule has 0 saturated carbocycles. The predicted molar refractivity (Wildman–Crippen MR) is 130 cm³/mol. The number of nitrogens with one attached hydrogen (secondary N) is 2. The molecule has 35 heavy (non-hydrogen) atoms. The van der Waals surface area contributed by atoms with Gasteiger partial charge in [-0.1, -0.05) is 6.07 Å². The number of halogens is 2.